The van der Waals surface area contributed by atoms with Crippen LogP contribution in [0.5, 0.6) is 0 Å². The number of hydrogen-bond donors (Lipinski definition) is 1. The number of aromatic nitrogens is 1. The third kappa shape index (κ3) is 3.52. The minimum atomic E-state index is -0.260. The Morgan fingerprint density at radius 3 is 3.08 bits per heavy atom. The highest BCUT2D eigenvalue weighted by Gasteiger charge is 2.05. The Hall–Kier alpha value is -0.120. The molecular formula is C8H12ClNOS. The summed E-state index contributed by atoms with van der Waals surface area (Å²) in [6, 6.07) is 0. The van der Waals surface area contributed by atoms with Gasteiger partial charge in [-0.15, -0.1) is 22.9 Å². The summed E-state index contributed by atoms with van der Waals surface area (Å²) < 4.78 is 0. The van der Waals surface area contributed by atoms with E-state index in [-0.39, 0.29) is 6.10 Å². The van der Waals surface area contributed by atoms with E-state index in [0.29, 0.717) is 12.3 Å². The van der Waals surface area contributed by atoms with Gasteiger partial charge in [0.15, 0.2) is 0 Å². The fourth-order valence-electron chi connectivity index (χ4n) is 0.990. The van der Waals surface area contributed by atoms with Crippen LogP contribution in [0.25, 0.3) is 0 Å². The maximum Gasteiger partial charge on any atom is 0.0794 e. The van der Waals surface area contributed by atoms with E-state index in [4.69, 9.17) is 11.6 Å². The van der Waals surface area contributed by atoms with Gasteiger partial charge in [-0.05, 0) is 12.8 Å². The van der Waals surface area contributed by atoms with Gasteiger partial charge in [0.1, 0.15) is 0 Å². The Morgan fingerprint density at radius 1 is 1.67 bits per heavy atom. The second-order valence-corrected chi connectivity index (χ2v) is 4.01. The normalized spacial score (nSPS) is 13.2. The van der Waals surface area contributed by atoms with Crippen LogP contribution in [-0.4, -0.2) is 22.1 Å². The van der Waals surface area contributed by atoms with Crippen LogP contribution < -0.4 is 0 Å². The molecule has 1 atom stereocenters. The van der Waals surface area contributed by atoms with Gasteiger partial charge < -0.3 is 5.11 Å². The molecule has 0 saturated heterocycles. The lowest BCUT2D eigenvalue weighted by Gasteiger charge is -2.06. The summed E-state index contributed by atoms with van der Waals surface area (Å²) in [5.41, 5.74) is 1.78. The molecule has 1 unspecified atom stereocenters. The first-order chi connectivity index (χ1) is 5.83. The number of halogens is 1. The number of aliphatic hydroxyl groups excluding tert-OH is 1. The summed E-state index contributed by atoms with van der Waals surface area (Å²) in [4.78, 5) is 5.07. The van der Waals surface area contributed by atoms with Gasteiger partial charge in [0, 0.05) is 23.4 Å². The SMILES string of the molecule is OC(CCCCl)Cc1cncs1. The third-order valence-corrected chi connectivity index (χ3v) is 2.66. The first-order valence-electron chi connectivity index (χ1n) is 3.94. The summed E-state index contributed by atoms with van der Waals surface area (Å²) in [6.07, 6.45) is 3.91. The van der Waals surface area contributed by atoms with Crippen molar-refractivity contribution in [3.8, 4) is 0 Å². The minimum absolute atomic E-state index is 0.260. The Labute approximate surface area is 81.2 Å². The molecule has 1 N–H and O–H groups in total. The van der Waals surface area contributed by atoms with Gasteiger partial charge in [0.05, 0.1) is 11.6 Å². The minimum Gasteiger partial charge on any atom is -0.393 e. The van der Waals surface area contributed by atoms with Gasteiger partial charge in [0.25, 0.3) is 0 Å². The molecule has 0 saturated carbocycles. The van der Waals surface area contributed by atoms with Crippen molar-refractivity contribution in [2.45, 2.75) is 25.4 Å². The first kappa shape index (κ1) is 9.96. The Balaban J connectivity index is 2.22. The number of rotatable bonds is 5. The van der Waals surface area contributed by atoms with Crippen molar-refractivity contribution in [2.75, 3.05) is 5.88 Å². The molecule has 1 aromatic rings. The summed E-state index contributed by atoms with van der Waals surface area (Å²) in [5.74, 6) is 0.625. The Morgan fingerprint density at radius 2 is 2.50 bits per heavy atom. The van der Waals surface area contributed by atoms with Crippen LogP contribution in [0.15, 0.2) is 11.7 Å². The lowest BCUT2D eigenvalue weighted by atomic mass is 10.1. The summed E-state index contributed by atoms with van der Waals surface area (Å²) in [7, 11) is 0. The zero-order valence-corrected chi connectivity index (χ0v) is 8.31. The third-order valence-electron chi connectivity index (χ3n) is 1.59. The molecule has 4 heteroatoms. The van der Waals surface area contributed by atoms with Crippen LogP contribution in [0.1, 0.15) is 17.7 Å². The molecule has 0 aromatic carbocycles. The summed E-state index contributed by atoms with van der Waals surface area (Å²) in [6.45, 7) is 0. The molecule has 0 aliphatic heterocycles. The molecule has 1 heterocycles. The van der Waals surface area contributed by atoms with Crippen molar-refractivity contribution in [3.63, 3.8) is 0 Å². The molecule has 1 aromatic heterocycles. The molecule has 0 fully saturated rings. The van der Waals surface area contributed by atoms with Crippen molar-refractivity contribution in [1.29, 1.82) is 0 Å². The molecule has 0 spiro atoms. The van der Waals surface area contributed by atoms with Crippen molar-refractivity contribution < 1.29 is 5.11 Å². The van der Waals surface area contributed by atoms with Crippen molar-refractivity contribution >= 4 is 22.9 Å². The van der Waals surface area contributed by atoms with Gasteiger partial charge in [-0.2, -0.15) is 0 Å². The Bertz CT molecular complexity index is 203. The highest BCUT2D eigenvalue weighted by molar-refractivity contribution is 7.09. The van der Waals surface area contributed by atoms with E-state index in [1.54, 1.807) is 23.0 Å². The summed E-state index contributed by atoms with van der Waals surface area (Å²) >= 11 is 7.09. The van der Waals surface area contributed by atoms with Gasteiger partial charge in [-0.3, -0.25) is 4.98 Å². The van der Waals surface area contributed by atoms with Crippen molar-refractivity contribution in [3.05, 3.63) is 16.6 Å². The molecular weight excluding hydrogens is 194 g/mol. The van der Waals surface area contributed by atoms with Crippen molar-refractivity contribution in [2.24, 2.45) is 0 Å². The monoisotopic (exact) mass is 205 g/mol. The fraction of sp³-hybridized carbons (Fsp3) is 0.625. The average Bonchev–Trinajstić information content (AvgIpc) is 2.53. The van der Waals surface area contributed by atoms with Crippen LogP contribution >= 0.6 is 22.9 Å². The van der Waals surface area contributed by atoms with Gasteiger partial charge in [-0.1, -0.05) is 0 Å². The van der Waals surface area contributed by atoms with E-state index in [1.807, 2.05) is 0 Å². The zero-order chi connectivity index (χ0) is 8.81. The van der Waals surface area contributed by atoms with Gasteiger partial charge >= 0.3 is 0 Å². The lowest BCUT2D eigenvalue weighted by Crippen LogP contribution is -2.09. The highest BCUT2D eigenvalue weighted by atomic mass is 35.5. The van der Waals surface area contributed by atoms with Gasteiger partial charge in [0.2, 0.25) is 0 Å². The van der Waals surface area contributed by atoms with Crippen molar-refractivity contribution in [1.82, 2.24) is 4.98 Å². The first-order valence-corrected chi connectivity index (χ1v) is 5.35. The van der Waals surface area contributed by atoms with E-state index in [1.165, 1.54) is 0 Å². The molecule has 0 bridgehead atoms. The molecule has 1 rings (SSSR count). The van der Waals surface area contributed by atoms with Crippen LogP contribution in [0.4, 0.5) is 0 Å². The second-order valence-electron chi connectivity index (χ2n) is 2.66. The maximum atomic E-state index is 9.47. The maximum absolute atomic E-state index is 9.47. The number of alkyl halides is 1. The quantitative estimate of drug-likeness (QED) is 0.747. The number of aliphatic hydroxyl groups is 1. The molecule has 0 aliphatic rings. The second kappa shape index (κ2) is 5.51. The average molecular weight is 206 g/mol. The largest absolute Gasteiger partial charge is 0.393 e. The topological polar surface area (TPSA) is 33.1 Å². The molecule has 12 heavy (non-hydrogen) atoms. The zero-order valence-electron chi connectivity index (χ0n) is 6.74. The van der Waals surface area contributed by atoms with E-state index >= 15 is 0 Å². The van der Waals surface area contributed by atoms with Gasteiger partial charge in [-0.25, -0.2) is 0 Å². The number of thiazole rings is 1. The van der Waals surface area contributed by atoms with E-state index in [9.17, 15) is 5.11 Å². The predicted molar refractivity (Wildman–Crippen MR) is 51.8 cm³/mol. The van der Waals surface area contributed by atoms with E-state index < -0.39 is 0 Å². The Kier molecular flexibility index (Phi) is 4.58. The predicted octanol–water partition coefficient (Wildman–Crippen LogP) is 2.07. The molecule has 0 aliphatic carbocycles. The number of hydrogen-bond acceptors (Lipinski definition) is 3. The van der Waals surface area contributed by atoms with Crippen LogP contribution in [0.3, 0.4) is 0 Å². The molecule has 0 amide bonds. The van der Waals surface area contributed by atoms with Crippen LogP contribution in [0, 0.1) is 0 Å². The standard InChI is InChI=1S/C8H12ClNOS/c9-3-1-2-7(11)4-8-5-10-6-12-8/h5-7,11H,1-4H2. The molecule has 2 nitrogen and oxygen atoms in total. The highest BCUT2D eigenvalue weighted by Crippen LogP contribution is 2.11. The fourth-order valence-corrected chi connectivity index (χ4v) is 1.81. The van der Waals surface area contributed by atoms with E-state index in [2.05, 4.69) is 4.98 Å². The van der Waals surface area contributed by atoms with Crippen LogP contribution in [-0.2, 0) is 6.42 Å². The van der Waals surface area contributed by atoms with Crippen LogP contribution in [0.2, 0.25) is 0 Å². The van der Waals surface area contributed by atoms with E-state index in [0.717, 1.165) is 17.7 Å². The molecule has 0 radical (unpaired) electrons. The number of nitrogens with zero attached hydrogens (tertiary/aromatic N) is 1. The smallest absolute Gasteiger partial charge is 0.0794 e. The summed E-state index contributed by atoms with van der Waals surface area (Å²) in [5, 5.41) is 9.47. The molecule has 68 valence electrons. The lowest BCUT2D eigenvalue weighted by molar-refractivity contribution is 0.165.